The largest absolute Gasteiger partial charge is 0.515 e. The van der Waals surface area contributed by atoms with Crippen LogP contribution in [-0.4, -0.2) is 22.2 Å². The molecule has 78 valence electrons. The van der Waals surface area contributed by atoms with Gasteiger partial charge in [-0.25, -0.2) is 0 Å². The van der Waals surface area contributed by atoms with Gasteiger partial charge < -0.3 is 5.11 Å². The summed E-state index contributed by atoms with van der Waals surface area (Å²) in [6.07, 6.45) is 2.37. The van der Waals surface area contributed by atoms with E-state index < -0.39 is 0 Å². The van der Waals surface area contributed by atoms with Crippen molar-refractivity contribution in [3.05, 3.63) is 47.7 Å². The smallest absolute Gasteiger partial charge is 0.198 e. The predicted octanol–water partition coefficient (Wildman–Crippen LogP) is 2.65. The number of aliphatic hydroxyl groups excluding tert-OH is 1. The lowest BCUT2D eigenvalue weighted by atomic mass is 10.1. The molecule has 4 heteroatoms. The lowest BCUT2D eigenvalue weighted by Gasteiger charge is -2.04. The molecule has 2 N–H and O–H groups in total. The van der Waals surface area contributed by atoms with E-state index in [-0.39, 0.29) is 16.4 Å². The molecule has 15 heavy (non-hydrogen) atoms. The number of thioether (sulfide) groups is 1. The third kappa shape index (κ3) is 2.70. The molecule has 0 aliphatic rings. The zero-order valence-electron chi connectivity index (χ0n) is 8.23. The number of hydrogen-bond donors (Lipinski definition) is 2. The van der Waals surface area contributed by atoms with Crippen molar-refractivity contribution in [2.45, 2.75) is 0 Å². The molecule has 0 amide bonds. The third-order valence-electron chi connectivity index (χ3n) is 1.86. The quantitative estimate of drug-likeness (QED) is 0.271. The maximum absolute atomic E-state index is 11.8. The molecule has 3 nitrogen and oxygen atoms in total. The zero-order chi connectivity index (χ0) is 11.3. The van der Waals surface area contributed by atoms with Gasteiger partial charge in [0.15, 0.2) is 5.78 Å². The van der Waals surface area contributed by atoms with E-state index >= 15 is 0 Å². The molecule has 0 aliphatic carbocycles. The molecule has 0 unspecified atom stereocenters. The Labute approximate surface area is 92.3 Å². The van der Waals surface area contributed by atoms with Crippen molar-refractivity contribution in [2.75, 3.05) is 6.26 Å². The Morgan fingerprint density at radius 3 is 2.47 bits per heavy atom. The molecule has 0 saturated heterocycles. The van der Waals surface area contributed by atoms with Crippen molar-refractivity contribution in [3.63, 3.8) is 0 Å². The Bertz CT molecular complexity index is 398. The van der Waals surface area contributed by atoms with Crippen LogP contribution >= 0.6 is 11.8 Å². The average molecular weight is 221 g/mol. The van der Waals surface area contributed by atoms with Gasteiger partial charge in [-0.15, -0.1) is 11.8 Å². The van der Waals surface area contributed by atoms with E-state index in [9.17, 15) is 4.79 Å². The summed E-state index contributed by atoms with van der Waals surface area (Å²) in [6.45, 7) is 0. The van der Waals surface area contributed by atoms with Crippen molar-refractivity contribution in [2.24, 2.45) is 0 Å². The molecule has 0 spiro atoms. The molecule has 1 rings (SSSR count). The number of carbonyl (C=O) groups is 1. The number of aliphatic hydroxyl groups is 1. The Morgan fingerprint density at radius 1 is 1.40 bits per heavy atom. The fourth-order valence-corrected chi connectivity index (χ4v) is 1.44. The highest BCUT2D eigenvalue weighted by molar-refractivity contribution is 8.13. The normalized spacial score (nSPS) is 11.1. The number of rotatable bonds is 3. The van der Waals surface area contributed by atoms with Crippen LogP contribution in [0.4, 0.5) is 0 Å². The van der Waals surface area contributed by atoms with Crippen LogP contribution in [0.2, 0.25) is 0 Å². The Hall–Kier alpha value is -1.55. The number of benzene rings is 1. The van der Waals surface area contributed by atoms with Crippen LogP contribution in [0.25, 0.3) is 0 Å². The van der Waals surface area contributed by atoms with Crippen LogP contribution in [0.1, 0.15) is 10.4 Å². The minimum atomic E-state index is -0.336. The monoisotopic (exact) mass is 221 g/mol. The van der Waals surface area contributed by atoms with Gasteiger partial charge in [-0.05, 0) is 6.26 Å². The molecule has 0 bridgehead atoms. The van der Waals surface area contributed by atoms with Crippen LogP contribution in [0.15, 0.2) is 42.2 Å². The minimum Gasteiger partial charge on any atom is -0.515 e. The van der Waals surface area contributed by atoms with E-state index in [1.54, 1.807) is 36.6 Å². The molecular formula is C11H11NO2S. The van der Waals surface area contributed by atoms with Crippen LogP contribution in [0, 0.1) is 5.41 Å². The lowest BCUT2D eigenvalue weighted by molar-refractivity contribution is 0.103. The molecule has 0 heterocycles. The molecule has 0 aliphatic heterocycles. The van der Waals surface area contributed by atoms with Gasteiger partial charge in [0, 0.05) is 5.56 Å². The molecule has 0 fully saturated rings. The summed E-state index contributed by atoms with van der Waals surface area (Å²) in [5, 5.41) is 16.5. The summed E-state index contributed by atoms with van der Waals surface area (Å²) in [5.74, 6) is -0.336. The second-order valence-corrected chi connectivity index (χ2v) is 3.59. The molecule has 0 radical (unpaired) electrons. The summed E-state index contributed by atoms with van der Waals surface area (Å²) in [7, 11) is 0. The van der Waals surface area contributed by atoms with Gasteiger partial charge in [-0.1, -0.05) is 30.3 Å². The van der Waals surface area contributed by atoms with Crippen molar-refractivity contribution in [1.82, 2.24) is 0 Å². The van der Waals surface area contributed by atoms with Crippen molar-refractivity contribution in [3.8, 4) is 0 Å². The fourth-order valence-electron chi connectivity index (χ4n) is 1.08. The van der Waals surface area contributed by atoms with Crippen LogP contribution in [0.5, 0.6) is 0 Å². The number of carbonyl (C=O) groups excluding carboxylic acids is 1. The van der Waals surface area contributed by atoms with E-state index in [4.69, 9.17) is 10.5 Å². The van der Waals surface area contributed by atoms with Crippen LogP contribution in [-0.2, 0) is 0 Å². The van der Waals surface area contributed by atoms with E-state index in [0.29, 0.717) is 11.8 Å². The molecule has 0 atom stereocenters. The molecule has 0 aromatic heterocycles. The highest BCUT2D eigenvalue weighted by Crippen LogP contribution is 2.13. The van der Waals surface area contributed by atoms with Gasteiger partial charge >= 0.3 is 0 Å². The maximum Gasteiger partial charge on any atom is 0.198 e. The number of hydrogen-bond acceptors (Lipinski definition) is 4. The van der Waals surface area contributed by atoms with E-state index in [0.717, 1.165) is 11.8 Å². The average Bonchev–Trinajstić information content (AvgIpc) is 2.30. The minimum absolute atomic E-state index is 0.0219. The van der Waals surface area contributed by atoms with Gasteiger partial charge in [0.2, 0.25) is 0 Å². The highest BCUT2D eigenvalue weighted by Gasteiger charge is 2.15. The second kappa shape index (κ2) is 5.36. The van der Waals surface area contributed by atoms with Gasteiger partial charge in [0.25, 0.3) is 0 Å². The van der Waals surface area contributed by atoms with Crippen LogP contribution in [0.3, 0.4) is 0 Å². The Balaban J connectivity index is 2.99. The summed E-state index contributed by atoms with van der Waals surface area (Å²) in [5.41, 5.74) is 0.491. The first-order valence-electron chi connectivity index (χ1n) is 4.27. The third-order valence-corrected chi connectivity index (χ3v) is 2.49. The van der Waals surface area contributed by atoms with Crippen LogP contribution < -0.4 is 0 Å². The first kappa shape index (κ1) is 11.5. The van der Waals surface area contributed by atoms with Gasteiger partial charge in [0.1, 0.15) is 5.04 Å². The Morgan fingerprint density at radius 2 is 2.00 bits per heavy atom. The number of Topliss-reactive ketones (excluding diaryl/α,β-unsaturated/α-hetero) is 1. The topological polar surface area (TPSA) is 61.1 Å². The van der Waals surface area contributed by atoms with Crippen molar-refractivity contribution >= 4 is 22.6 Å². The zero-order valence-corrected chi connectivity index (χ0v) is 9.04. The van der Waals surface area contributed by atoms with Gasteiger partial charge in [-0.3, -0.25) is 10.2 Å². The second-order valence-electron chi connectivity index (χ2n) is 2.77. The molecule has 1 aromatic carbocycles. The summed E-state index contributed by atoms with van der Waals surface area (Å²) < 4.78 is 0. The Kier molecular flexibility index (Phi) is 4.12. The van der Waals surface area contributed by atoms with Crippen molar-refractivity contribution < 1.29 is 9.90 Å². The number of ketones is 1. The SMILES string of the molecule is CSC(=N)/C(=C/O)C(=O)c1ccccc1. The standard InChI is InChI=1S/C11H11NO2S/c1-15-11(12)9(7-13)10(14)8-5-3-2-4-6-8/h2-7,12-13H,1H3/b9-7+,12-11?. The first-order valence-corrected chi connectivity index (χ1v) is 5.50. The molecule has 1 aromatic rings. The van der Waals surface area contributed by atoms with E-state index in [2.05, 4.69) is 0 Å². The number of nitrogens with one attached hydrogen (secondary N) is 1. The molecule has 0 saturated carbocycles. The first-order chi connectivity index (χ1) is 7.20. The fraction of sp³-hybridized carbons (Fsp3) is 0.0909. The van der Waals surface area contributed by atoms with E-state index in [1.165, 1.54) is 0 Å². The predicted molar refractivity (Wildman–Crippen MR) is 62.7 cm³/mol. The summed E-state index contributed by atoms with van der Waals surface area (Å²) >= 11 is 1.11. The van der Waals surface area contributed by atoms with E-state index in [1.807, 2.05) is 0 Å². The molecular weight excluding hydrogens is 210 g/mol. The lowest BCUT2D eigenvalue weighted by Crippen LogP contribution is -2.09. The highest BCUT2D eigenvalue weighted by atomic mass is 32.2. The van der Waals surface area contributed by atoms with Gasteiger partial charge in [0.05, 0.1) is 11.8 Å². The van der Waals surface area contributed by atoms with Crippen molar-refractivity contribution in [1.29, 1.82) is 5.41 Å². The van der Waals surface area contributed by atoms with Gasteiger partial charge in [-0.2, -0.15) is 0 Å². The summed E-state index contributed by atoms with van der Waals surface area (Å²) in [6, 6.07) is 8.59. The summed E-state index contributed by atoms with van der Waals surface area (Å²) in [4.78, 5) is 11.8. The maximum atomic E-state index is 11.8.